The van der Waals surface area contributed by atoms with Gasteiger partial charge in [-0.15, -0.1) is 0 Å². The van der Waals surface area contributed by atoms with Gasteiger partial charge in [-0.1, -0.05) is 49.3 Å². The lowest BCUT2D eigenvalue weighted by atomic mass is 10.0. The molecular formula is C21H33N7O3. The summed E-state index contributed by atoms with van der Waals surface area (Å²) >= 11 is 0. The normalized spacial score (nSPS) is 13.5. The highest BCUT2D eigenvalue weighted by molar-refractivity contribution is 5.92. The maximum atomic E-state index is 12.9. The Morgan fingerprint density at radius 1 is 1.06 bits per heavy atom. The molecule has 170 valence electrons. The van der Waals surface area contributed by atoms with Crippen molar-refractivity contribution in [1.82, 2.24) is 10.6 Å². The zero-order valence-electron chi connectivity index (χ0n) is 18.2. The lowest BCUT2D eigenvalue weighted by molar-refractivity contribution is -0.132. The third-order valence-electron chi connectivity index (χ3n) is 4.71. The van der Waals surface area contributed by atoms with E-state index in [-0.39, 0.29) is 12.3 Å². The minimum absolute atomic E-state index is 0.121. The molecule has 1 rings (SSSR count). The van der Waals surface area contributed by atoms with Crippen LogP contribution in [0, 0.1) is 5.92 Å². The van der Waals surface area contributed by atoms with Crippen LogP contribution in [0.25, 0.3) is 10.4 Å². The lowest BCUT2D eigenvalue weighted by Gasteiger charge is -2.23. The van der Waals surface area contributed by atoms with Crippen LogP contribution < -0.4 is 22.1 Å². The van der Waals surface area contributed by atoms with Gasteiger partial charge in [-0.3, -0.25) is 14.4 Å². The number of carbonyl (C=O) groups is 3. The fourth-order valence-electron chi connectivity index (χ4n) is 3.09. The van der Waals surface area contributed by atoms with Gasteiger partial charge in [-0.2, -0.15) is 0 Å². The van der Waals surface area contributed by atoms with Crippen molar-refractivity contribution in [3.05, 3.63) is 46.3 Å². The summed E-state index contributed by atoms with van der Waals surface area (Å²) in [5.41, 5.74) is 20.6. The molecule has 10 nitrogen and oxygen atoms in total. The Morgan fingerprint density at radius 2 is 1.71 bits per heavy atom. The molecule has 3 atom stereocenters. The van der Waals surface area contributed by atoms with Gasteiger partial charge in [0.2, 0.25) is 17.7 Å². The van der Waals surface area contributed by atoms with Crippen molar-refractivity contribution in [3.63, 3.8) is 0 Å². The molecule has 0 unspecified atom stereocenters. The molecule has 0 bridgehead atoms. The second kappa shape index (κ2) is 14.0. The van der Waals surface area contributed by atoms with Crippen molar-refractivity contribution in [2.45, 2.75) is 64.1 Å². The zero-order chi connectivity index (χ0) is 23.2. The summed E-state index contributed by atoms with van der Waals surface area (Å²) in [5.74, 6) is -1.60. The number of rotatable bonds is 14. The summed E-state index contributed by atoms with van der Waals surface area (Å²) in [4.78, 5) is 40.2. The van der Waals surface area contributed by atoms with E-state index in [4.69, 9.17) is 17.0 Å². The third kappa shape index (κ3) is 9.97. The number of nitrogens with one attached hydrogen (secondary N) is 2. The quantitative estimate of drug-likeness (QED) is 0.151. The van der Waals surface area contributed by atoms with Gasteiger partial charge in [0.05, 0.1) is 0 Å². The molecule has 1 aromatic rings. The van der Waals surface area contributed by atoms with Crippen molar-refractivity contribution >= 4 is 17.7 Å². The van der Waals surface area contributed by atoms with Crippen LogP contribution in [0.5, 0.6) is 0 Å². The SMILES string of the molecule is CC(C)C[C@H](N=[N+]=[N-])C(=O)N[C@@H](CCCCN)C(=O)N[C@@H](Cc1ccccc1)C(N)=O. The Balaban J connectivity index is 2.92. The van der Waals surface area contributed by atoms with Crippen molar-refractivity contribution in [2.24, 2.45) is 22.5 Å². The highest BCUT2D eigenvalue weighted by Crippen LogP contribution is 2.11. The summed E-state index contributed by atoms with van der Waals surface area (Å²) in [6.45, 7) is 4.26. The summed E-state index contributed by atoms with van der Waals surface area (Å²) in [6.07, 6.45) is 2.20. The standard InChI is InChI=1S/C21H33N7O3/c1-14(2)12-18(27-28-24)21(31)25-16(10-6-7-11-22)20(30)26-17(19(23)29)13-15-8-4-3-5-9-15/h3-5,8-9,14,16-18H,6-7,10-13,22H2,1-2H3,(H2,23,29)(H,25,31)(H,26,30)/t16-,17-,18-/m0/s1. The van der Waals surface area contributed by atoms with Crippen molar-refractivity contribution < 1.29 is 14.4 Å². The molecule has 0 aliphatic heterocycles. The summed E-state index contributed by atoms with van der Waals surface area (Å²) in [6, 6.07) is 6.42. The number of nitrogens with two attached hydrogens (primary N) is 2. The van der Waals surface area contributed by atoms with Crippen molar-refractivity contribution in [2.75, 3.05) is 6.54 Å². The Labute approximate surface area is 182 Å². The first kappa shape index (κ1) is 25.9. The lowest BCUT2D eigenvalue weighted by Crippen LogP contribution is -2.54. The molecule has 0 heterocycles. The minimum atomic E-state index is -0.925. The molecular weight excluding hydrogens is 398 g/mol. The highest BCUT2D eigenvalue weighted by atomic mass is 16.2. The van der Waals surface area contributed by atoms with Gasteiger partial charge in [0, 0.05) is 11.3 Å². The Kier molecular flexibility index (Phi) is 11.7. The molecule has 0 aliphatic carbocycles. The summed E-state index contributed by atoms with van der Waals surface area (Å²) in [5, 5.41) is 8.87. The Hall–Kier alpha value is -3.10. The molecule has 1 aromatic carbocycles. The monoisotopic (exact) mass is 431 g/mol. The molecule has 0 saturated heterocycles. The molecule has 0 fully saturated rings. The van der Waals surface area contributed by atoms with Crippen LogP contribution in [0.4, 0.5) is 0 Å². The first-order chi connectivity index (χ1) is 14.8. The number of unbranched alkanes of at least 4 members (excludes halogenated alkanes) is 1. The van der Waals surface area contributed by atoms with Crippen LogP contribution >= 0.6 is 0 Å². The predicted molar refractivity (Wildman–Crippen MR) is 118 cm³/mol. The number of carbonyl (C=O) groups excluding carboxylic acids is 3. The molecule has 31 heavy (non-hydrogen) atoms. The van der Waals surface area contributed by atoms with Gasteiger partial charge in [-0.25, -0.2) is 0 Å². The minimum Gasteiger partial charge on any atom is -0.368 e. The largest absolute Gasteiger partial charge is 0.368 e. The second-order valence-corrected chi connectivity index (χ2v) is 7.85. The molecule has 6 N–H and O–H groups in total. The average molecular weight is 432 g/mol. The maximum absolute atomic E-state index is 12.9. The van der Waals surface area contributed by atoms with E-state index in [2.05, 4.69) is 20.7 Å². The van der Waals surface area contributed by atoms with Gasteiger partial charge in [-0.05, 0) is 49.2 Å². The topological polar surface area (TPSA) is 176 Å². The van der Waals surface area contributed by atoms with Crippen molar-refractivity contribution in [3.8, 4) is 0 Å². The summed E-state index contributed by atoms with van der Waals surface area (Å²) in [7, 11) is 0. The van der Waals surface area contributed by atoms with E-state index in [0.29, 0.717) is 32.2 Å². The van der Waals surface area contributed by atoms with Gasteiger partial charge >= 0.3 is 0 Å². The number of amides is 3. The van der Waals surface area contributed by atoms with Gasteiger partial charge < -0.3 is 22.1 Å². The van der Waals surface area contributed by atoms with E-state index in [1.807, 2.05) is 44.2 Å². The first-order valence-electron chi connectivity index (χ1n) is 10.5. The molecule has 0 aromatic heterocycles. The van der Waals surface area contributed by atoms with Gasteiger partial charge in [0.25, 0.3) is 0 Å². The number of benzene rings is 1. The third-order valence-corrected chi connectivity index (χ3v) is 4.71. The van der Waals surface area contributed by atoms with Crippen LogP contribution in [0.1, 0.15) is 45.1 Å². The van der Waals surface area contributed by atoms with Crippen LogP contribution in [-0.2, 0) is 20.8 Å². The van der Waals surface area contributed by atoms with E-state index in [1.165, 1.54) is 0 Å². The number of primary amides is 1. The van der Waals surface area contributed by atoms with Gasteiger partial charge in [0.1, 0.15) is 18.1 Å². The average Bonchev–Trinajstić information content (AvgIpc) is 2.72. The molecule has 3 amide bonds. The number of azide groups is 1. The number of hydrogen-bond acceptors (Lipinski definition) is 5. The van der Waals surface area contributed by atoms with Crippen LogP contribution in [0.3, 0.4) is 0 Å². The van der Waals surface area contributed by atoms with Crippen LogP contribution in [-0.4, -0.2) is 42.4 Å². The molecule has 0 aliphatic rings. The van der Waals surface area contributed by atoms with Crippen molar-refractivity contribution in [1.29, 1.82) is 0 Å². The van der Waals surface area contributed by atoms with E-state index in [1.54, 1.807) is 0 Å². The molecule has 10 heteroatoms. The fraction of sp³-hybridized carbons (Fsp3) is 0.571. The van der Waals surface area contributed by atoms with E-state index < -0.39 is 35.8 Å². The molecule has 0 saturated carbocycles. The molecule has 0 spiro atoms. The fourth-order valence-corrected chi connectivity index (χ4v) is 3.09. The van der Waals surface area contributed by atoms with Gasteiger partial charge in [0.15, 0.2) is 0 Å². The second-order valence-electron chi connectivity index (χ2n) is 7.85. The molecule has 0 radical (unpaired) electrons. The van der Waals surface area contributed by atoms with Crippen LogP contribution in [0.15, 0.2) is 35.4 Å². The van der Waals surface area contributed by atoms with Crippen LogP contribution in [0.2, 0.25) is 0 Å². The first-order valence-corrected chi connectivity index (χ1v) is 10.5. The number of hydrogen-bond donors (Lipinski definition) is 4. The smallest absolute Gasteiger partial charge is 0.243 e. The Morgan fingerprint density at radius 3 is 2.26 bits per heavy atom. The number of nitrogens with zero attached hydrogens (tertiary/aromatic N) is 3. The van der Waals surface area contributed by atoms with E-state index in [0.717, 1.165) is 5.56 Å². The zero-order valence-corrected chi connectivity index (χ0v) is 18.2. The Bertz CT molecular complexity index is 763. The van der Waals surface area contributed by atoms with E-state index >= 15 is 0 Å². The highest BCUT2D eigenvalue weighted by Gasteiger charge is 2.28. The maximum Gasteiger partial charge on any atom is 0.243 e. The predicted octanol–water partition coefficient (Wildman–Crippen LogP) is 1.54. The van der Waals surface area contributed by atoms with E-state index in [9.17, 15) is 14.4 Å². The summed E-state index contributed by atoms with van der Waals surface area (Å²) < 4.78 is 0.